The highest BCUT2D eigenvalue weighted by molar-refractivity contribution is 5.92. The van der Waals surface area contributed by atoms with Crippen LogP contribution in [0.5, 0.6) is 0 Å². The Morgan fingerprint density at radius 3 is 2.17 bits per heavy atom. The first-order valence-corrected chi connectivity index (χ1v) is 7.51. The third-order valence-electron chi connectivity index (χ3n) is 3.63. The Balaban J connectivity index is 1.66. The van der Waals surface area contributed by atoms with Gasteiger partial charge >= 0.3 is 0 Å². The number of hydrogen-bond acceptors (Lipinski definition) is 1. The Morgan fingerprint density at radius 2 is 1.50 bits per heavy atom. The summed E-state index contributed by atoms with van der Waals surface area (Å²) < 4.78 is 26.4. The van der Waals surface area contributed by atoms with Crippen molar-refractivity contribution >= 4 is 11.6 Å². The fourth-order valence-electron chi connectivity index (χ4n) is 2.42. The molecule has 0 fully saturated rings. The Bertz CT molecular complexity index is 845. The van der Waals surface area contributed by atoms with Gasteiger partial charge in [-0.25, -0.2) is 8.78 Å². The van der Waals surface area contributed by atoms with Crippen molar-refractivity contribution in [3.8, 4) is 11.1 Å². The van der Waals surface area contributed by atoms with Crippen molar-refractivity contribution in [1.82, 2.24) is 0 Å². The quantitative estimate of drug-likeness (QED) is 0.733. The molecule has 0 unspecified atom stereocenters. The highest BCUT2D eigenvalue weighted by Gasteiger charge is 2.09. The van der Waals surface area contributed by atoms with E-state index in [0.29, 0.717) is 0 Å². The predicted octanol–water partition coefficient (Wildman–Crippen LogP) is 4.81. The van der Waals surface area contributed by atoms with E-state index >= 15 is 0 Å². The van der Waals surface area contributed by atoms with Gasteiger partial charge in [-0.2, -0.15) is 0 Å². The van der Waals surface area contributed by atoms with Gasteiger partial charge in [0.25, 0.3) is 0 Å². The lowest BCUT2D eigenvalue weighted by molar-refractivity contribution is -0.115. The molecule has 3 rings (SSSR count). The summed E-state index contributed by atoms with van der Waals surface area (Å²) in [6, 6.07) is 20.6. The van der Waals surface area contributed by atoms with E-state index in [1.807, 2.05) is 54.6 Å². The van der Waals surface area contributed by atoms with Crippen LogP contribution >= 0.6 is 0 Å². The summed E-state index contributed by atoms with van der Waals surface area (Å²) in [6.45, 7) is 0. The molecule has 2 nitrogen and oxygen atoms in total. The van der Waals surface area contributed by atoms with Gasteiger partial charge < -0.3 is 5.32 Å². The molecule has 0 saturated heterocycles. The smallest absolute Gasteiger partial charge is 0.228 e. The van der Waals surface area contributed by atoms with Gasteiger partial charge in [0, 0.05) is 6.07 Å². The van der Waals surface area contributed by atoms with Crippen LogP contribution in [0.25, 0.3) is 11.1 Å². The summed E-state index contributed by atoms with van der Waals surface area (Å²) in [4.78, 5) is 12.0. The molecule has 4 heteroatoms. The zero-order valence-corrected chi connectivity index (χ0v) is 12.8. The molecule has 0 spiro atoms. The summed E-state index contributed by atoms with van der Waals surface area (Å²) in [5, 5.41) is 2.45. The lowest BCUT2D eigenvalue weighted by atomic mass is 10.0. The molecule has 0 aliphatic carbocycles. The fourth-order valence-corrected chi connectivity index (χ4v) is 2.42. The summed E-state index contributed by atoms with van der Waals surface area (Å²) in [5.74, 6) is -1.82. The number of amides is 1. The number of anilines is 1. The number of benzene rings is 3. The van der Waals surface area contributed by atoms with Gasteiger partial charge in [-0.15, -0.1) is 0 Å². The predicted molar refractivity (Wildman–Crippen MR) is 90.6 cm³/mol. The third-order valence-corrected chi connectivity index (χ3v) is 3.63. The first-order chi connectivity index (χ1) is 11.6. The molecule has 0 aliphatic rings. The molecular formula is C20H15F2NO. The van der Waals surface area contributed by atoms with Gasteiger partial charge in [-0.3, -0.25) is 4.79 Å². The molecular weight excluding hydrogens is 308 g/mol. The molecule has 3 aromatic carbocycles. The van der Waals surface area contributed by atoms with Crippen molar-refractivity contribution in [1.29, 1.82) is 0 Å². The first-order valence-electron chi connectivity index (χ1n) is 7.51. The van der Waals surface area contributed by atoms with Crippen LogP contribution in [-0.2, 0) is 11.2 Å². The van der Waals surface area contributed by atoms with E-state index in [4.69, 9.17) is 0 Å². The van der Waals surface area contributed by atoms with Crippen molar-refractivity contribution in [3.05, 3.63) is 90.0 Å². The monoisotopic (exact) mass is 323 g/mol. The van der Waals surface area contributed by atoms with Crippen LogP contribution in [0.1, 0.15) is 5.56 Å². The van der Waals surface area contributed by atoms with Crippen LogP contribution in [0.2, 0.25) is 0 Å². The Morgan fingerprint density at radius 1 is 0.833 bits per heavy atom. The van der Waals surface area contributed by atoms with Crippen LogP contribution in [0.15, 0.2) is 72.8 Å². The van der Waals surface area contributed by atoms with E-state index in [1.54, 1.807) is 0 Å². The van der Waals surface area contributed by atoms with Crippen LogP contribution in [-0.4, -0.2) is 5.91 Å². The van der Waals surface area contributed by atoms with Crippen molar-refractivity contribution in [2.24, 2.45) is 0 Å². The molecule has 0 saturated carbocycles. The second kappa shape index (κ2) is 7.04. The summed E-state index contributed by atoms with van der Waals surface area (Å²) in [5.41, 5.74) is 2.95. The van der Waals surface area contributed by atoms with E-state index in [-0.39, 0.29) is 18.0 Å². The standard InChI is InChI=1S/C20H15F2NO/c21-17-10-11-19(18(22)13-17)23-20(24)12-14-6-8-16(9-7-14)15-4-2-1-3-5-15/h1-11,13H,12H2,(H,23,24). The van der Waals surface area contributed by atoms with E-state index in [9.17, 15) is 13.6 Å². The number of nitrogens with one attached hydrogen (secondary N) is 1. The van der Waals surface area contributed by atoms with E-state index in [0.717, 1.165) is 28.8 Å². The molecule has 3 aromatic rings. The maximum absolute atomic E-state index is 13.5. The maximum atomic E-state index is 13.5. The average Bonchev–Trinajstić information content (AvgIpc) is 2.59. The van der Waals surface area contributed by atoms with Gasteiger partial charge in [0.2, 0.25) is 5.91 Å². The Kier molecular flexibility index (Phi) is 4.66. The Labute approximate surface area is 138 Å². The molecule has 0 bridgehead atoms. The number of hydrogen-bond donors (Lipinski definition) is 1. The van der Waals surface area contributed by atoms with Crippen LogP contribution in [0.3, 0.4) is 0 Å². The van der Waals surface area contributed by atoms with Crippen LogP contribution < -0.4 is 5.32 Å². The highest BCUT2D eigenvalue weighted by Crippen LogP contribution is 2.20. The number of rotatable bonds is 4. The van der Waals surface area contributed by atoms with Crippen LogP contribution in [0.4, 0.5) is 14.5 Å². The van der Waals surface area contributed by atoms with Crippen molar-refractivity contribution in [2.75, 3.05) is 5.32 Å². The molecule has 0 heterocycles. The van der Waals surface area contributed by atoms with E-state index in [2.05, 4.69) is 5.32 Å². The number of carbonyl (C=O) groups is 1. The fraction of sp³-hybridized carbons (Fsp3) is 0.0500. The second-order valence-electron chi connectivity index (χ2n) is 5.41. The first kappa shape index (κ1) is 15.9. The number of carbonyl (C=O) groups excluding carboxylic acids is 1. The molecule has 0 aliphatic heterocycles. The minimum atomic E-state index is -0.789. The molecule has 0 atom stereocenters. The minimum Gasteiger partial charge on any atom is -0.323 e. The van der Waals surface area contributed by atoms with Gasteiger partial charge in [0.1, 0.15) is 11.6 Å². The second-order valence-corrected chi connectivity index (χ2v) is 5.41. The topological polar surface area (TPSA) is 29.1 Å². The van der Waals surface area contributed by atoms with Gasteiger partial charge in [0.05, 0.1) is 12.1 Å². The zero-order chi connectivity index (χ0) is 16.9. The molecule has 0 aromatic heterocycles. The summed E-state index contributed by atoms with van der Waals surface area (Å²) in [6.07, 6.45) is 0.117. The SMILES string of the molecule is O=C(Cc1ccc(-c2ccccc2)cc1)Nc1ccc(F)cc1F. The Hall–Kier alpha value is -3.01. The maximum Gasteiger partial charge on any atom is 0.228 e. The van der Waals surface area contributed by atoms with Crippen molar-refractivity contribution < 1.29 is 13.6 Å². The highest BCUT2D eigenvalue weighted by atomic mass is 19.1. The largest absolute Gasteiger partial charge is 0.323 e. The summed E-state index contributed by atoms with van der Waals surface area (Å²) >= 11 is 0. The van der Waals surface area contributed by atoms with Gasteiger partial charge in [0.15, 0.2) is 0 Å². The van der Waals surface area contributed by atoms with Crippen LogP contribution in [0, 0.1) is 11.6 Å². The van der Waals surface area contributed by atoms with E-state index < -0.39 is 11.6 Å². The lowest BCUT2D eigenvalue weighted by Crippen LogP contribution is -2.15. The minimum absolute atomic E-state index is 0.0256. The third kappa shape index (κ3) is 3.84. The van der Waals surface area contributed by atoms with Gasteiger partial charge in [-0.1, -0.05) is 54.6 Å². The average molecular weight is 323 g/mol. The molecule has 1 N–H and O–H groups in total. The lowest BCUT2D eigenvalue weighted by Gasteiger charge is -2.07. The van der Waals surface area contributed by atoms with Gasteiger partial charge in [-0.05, 0) is 28.8 Å². The molecule has 0 radical (unpaired) electrons. The molecule has 24 heavy (non-hydrogen) atoms. The zero-order valence-electron chi connectivity index (χ0n) is 12.8. The van der Waals surface area contributed by atoms with E-state index in [1.165, 1.54) is 6.07 Å². The molecule has 1 amide bonds. The summed E-state index contributed by atoms with van der Waals surface area (Å²) in [7, 11) is 0. The van der Waals surface area contributed by atoms with Crippen molar-refractivity contribution in [2.45, 2.75) is 6.42 Å². The molecule has 120 valence electrons. The number of halogens is 2. The normalized spacial score (nSPS) is 10.4. The van der Waals surface area contributed by atoms with Crippen molar-refractivity contribution in [3.63, 3.8) is 0 Å².